The van der Waals surface area contributed by atoms with Gasteiger partial charge in [-0.1, -0.05) is 6.07 Å². The smallest absolute Gasteiger partial charge is 0.325 e. The van der Waals surface area contributed by atoms with E-state index in [0.717, 1.165) is 10.9 Å². The van der Waals surface area contributed by atoms with Crippen LogP contribution in [0.5, 0.6) is 5.75 Å². The number of aromatic amines is 1. The number of hydrogen-bond acceptors (Lipinski definition) is 3. The second kappa shape index (κ2) is 5.01. The normalized spacial score (nSPS) is 12.1. The van der Waals surface area contributed by atoms with Gasteiger partial charge in [-0.25, -0.2) is 0 Å². The molecule has 0 spiro atoms. The zero-order chi connectivity index (χ0) is 14.0. The summed E-state index contributed by atoms with van der Waals surface area (Å²) < 4.78 is 5.19. The van der Waals surface area contributed by atoms with Crippen LogP contribution in [0.15, 0.2) is 24.3 Å². The Labute approximate surface area is 109 Å². The lowest BCUT2D eigenvalue weighted by molar-refractivity contribution is -0.138. The molecule has 1 heterocycles. The molecule has 0 saturated heterocycles. The van der Waals surface area contributed by atoms with Gasteiger partial charge in [0.2, 0.25) is 0 Å². The molecule has 3 N–H and O–H groups in total. The minimum Gasteiger partial charge on any atom is -0.496 e. The minimum absolute atomic E-state index is 0.299. The van der Waals surface area contributed by atoms with E-state index in [2.05, 4.69) is 10.3 Å². The van der Waals surface area contributed by atoms with Crippen LogP contribution in [0.25, 0.3) is 10.9 Å². The van der Waals surface area contributed by atoms with Crippen molar-refractivity contribution in [2.45, 2.75) is 13.0 Å². The van der Waals surface area contributed by atoms with Crippen molar-refractivity contribution in [2.24, 2.45) is 0 Å². The number of nitrogens with one attached hydrogen (secondary N) is 2. The van der Waals surface area contributed by atoms with Gasteiger partial charge in [-0.05, 0) is 25.1 Å². The summed E-state index contributed by atoms with van der Waals surface area (Å²) in [5, 5.41) is 11.9. The highest BCUT2D eigenvalue weighted by molar-refractivity contribution is 6.00. The summed E-state index contributed by atoms with van der Waals surface area (Å²) in [5.74, 6) is -0.894. The topological polar surface area (TPSA) is 91.4 Å². The number of aromatic nitrogens is 1. The summed E-state index contributed by atoms with van der Waals surface area (Å²) in [6, 6.07) is 6.10. The fourth-order valence-electron chi connectivity index (χ4n) is 1.76. The molecule has 100 valence electrons. The average molecular weight is 262 g/mol. The quantitative estimate of drug-likeness (QED) is 0.776. The SMILES string of the molecule is COc1cccc2[nH]c(C(=O)N[C@@H](C)C(=O)O)cc12. The molecule has 19 heavy (non-hydrogen) atoms. The summed E-state index contributed by atoms with van der Waals surface area (Å²) in [5.41, 5.74) is 1.06. The first kappa shape index (κ1) is 12.9. The van der Waals surface area contributed by atoms with Gasteiger partial charge >= 0.3 is 5.97 Å². The van der Waals surface area contributed by atoms with Crippen LogP contribution in [0.3, 0.4) is 0 Å². The van der Waals surface area contributed by atoms with E-state index in [9.17, 15) is 9.59 Å². The van der Waals surface area contributed by atoms with E-state index in [1.807, 2.05) is 6.07 Å². The molecule has 6 nitrogen and oxygen atoms in total. The van der Waals surface area contributed by atoms with E-state index in [1.165, 1.54) is 6.92 Å². The van der Waals surface area contributed by atoms with Crippen molar-refractivity contribution in [1.82, 2.24) is 10.3 Å². The van der Waals surface area contributed by atoms with Crippen LogP contribution in [0.2, 0.25) is 0 Å². The molecular weight excluding hydrogens is 248 g/mol. The third-order valence-corrected chi connectivity index (χ3v) is 2.81. The standard InChI is InChI=1S/C13H14N2O4/c1-7(13(17)18)14-12(16)10-6-8-9(15-10)4-3-5-11(8)19-2/h3-7,15H,1-2H3,(H,14,16)(H,17,18)/t7-/m0/s1. The maximum absolute atomic E-state index is 11.9. The van der Waals surface area contributed by atoms with E-state index in [1.54, 1.807) is 25.3 Å². The van der Waals surface area contributed by atoms with Crippen LogP contribution in [0.1, 0.15) is 17.4 Å². The molecule has 6 heteroatoms. The van der Waals surface area contributed by atoms with Crippen molar-refractivity contribution in [1.29, 1.82) is 0 Å². The van der Waals surface area contributed by atoms with Gasteiger partial charge in [0.1, 0.15) is 17.5 Å². The maximum Gasteiger partial charge on any atom is 0.325 e. The third-order valence-electron chi connectivity index (χ3n) is 2.81. The molecule has 0 aliphatic rings. The highest BCUT2D eigenvalue weighted by atomic mass is 16.5. The van der Waals surface area contributed by atoms with Gasteiger partial charge in [-0.3, -0.25) is 9.59 Å². The van der Waals surface area contributed by atoms with Crippen LogP contribution in [-0.2, 0) is 4.79 Å². The van der Waals surface area contributed by atoms with E-state index in [-0.39, 0.29) is 0 Å². The second-order valence-corrected chi connectivity index (χ2v) is 4.14. The molecule has 0 aliphatic carbocycles. The molecule has 2 rings (SSSR count). The van der Waals surface area contributed by atoms with Crippen molar-refractivity contribution in [3.63, 3.8) is 0 Å². The number of H-pyrrole nitrogens is 1. The largest absolute Gasteiger partial charge is 0.496 e. The first-order valence-corrected chi connectivity index (χ1v) is 5.72. The number of rotatable bonds is 4. The van der Waals surface area contributed by atoms with Crippen molar-refractivity contribution in [2.75, 3.05) is 7.11 Å². The third kappa shape index (κ3) is 2.52. The summed E-state index contributed by atoms with van der Waals surface area (Å²) in [6.45, 7) is 1.41. The number of aliphatic carboxylic acids is 1. The molecule has 1 aromatic carbocycles. The number of hydrogen-bond donors (Lipinski definition) is 3. The molecule has 2 aromatic rings. The predicted octanol–water partition coefficient (Wildman–Crippen LogP) is 1.38. The first-order chi connectivity index (χ1) is 9.02. The highest BCUT2D eigenvalue weighted by Gasteiger charge is 2.17. The van der Waals surface area contributed by atoms with E-state index < -0.39 is 17.9 Å². The highest BCUT2D eigenvalue weighted by Crippen LogP contribution is 2.25. The van der Waals surface area contributed by atoms with E-state index in [0.29, 0.717) is 11.4 Å². The lowest BCUT2D eigenvalue weighted by Crippen LogP contribution is -2.38. The van der Waals surface area contributed by atoms with Gasteiger partial charge in [0, 0.05) is 10.9 Å². The molecule has 1 aromatic heterocycles. The molecule has 0 aliphatic heterocycles. The molecule has 0 saturated carbocycles. The Kier molecular flexibility index (Phi) is 3.41. The summed E-state index contributed by atoms with van der Waals surface area (Å²) in [7, 11) is 1.55. The Morgan fingerprint density at radius 1 is 1.42 bits per heavy atom. The molecule has 0 radical (unpaired) electrons. The van der Waals surface area contributed by atoms with Crippen LogP contribution in [0.4, 0.5) is 0 Å². The number of amides is 1. The van der Waals surface area contributed by atoms with Gasteiger partial charge in [0.15, 0.2) is 0 Å². The number of carbonyl (C=O) groups is 2. The average Bonchev–Trinajstić information content (AvgIpc) is 2.82. The van der Waals surface area contributed by atoms with E-state index in [4.69, 9.17) is 9.84 Å². The van der Waals surface area contributed by atoms with Gasteiger partial charge in [-0.2, -0.15) is 0 Å². The number of carboxylic acid groups (broad SMARTS) is 1. The summed E-state index contributed by atoms with van der Waals surface area (Å²) >= 11 is 0. The zero-order valence-electron chi connectivity index (χ0n) is 10.6. The van der Waals surface area contributed by atoms with Crippen molar-refractivity contribution >= 4 is 22.8 Å². The maximum atomic E-state index is 11.9. The Morgan fingerprint density at radius 3 is 2.79 bits per heavy atom. The van der Waals surface area contributed by atoms with Crippen molar-refractivity contribution < 1.29 is 19.4 Å². The second-order valence-electron chi connectivity index (χ2n) is 4.14. The molecular formula is C13H14N2O4. The fraction of sp³-hybridized carbons (Fsp3) is 0.231. The number of methoxy groups -OCH3 is 1. The van der Waals surface area contributed by atoms with Crippen LogP contribution in [-0.4, -0.2) is 35.1 Å². The van der Waals surface area contributed by atoms with E-state index >= 15 is 0 Å². The number of carbonyl (C=O) groups excluding carboxylic acids is 1. The van der Waals surface area contributed by atoms with Gasteiger partial charge in [0.05, 0.1) is 7.11 Å². The van der Waals surface area contributed by atoms with Gasteiger partial charge in [0.25, 0.3) is 5.91 Å². The minimum atomic E-state index is -1.08. The Bertz CT molecular complexity index is 633. The molecule has 1 amide bonds. The zero-order valence-corrected chi connectivity index (χ0v) is 10.6. The number of benzene rings is 1. The van der Waals surface area contributed by atoms with Crippen LogP contribution >= 0.6 is 0 Å². The summed E-state index contributed by atoms with van der Waals surface area (Å²) in [6.07, 6.45) is 0. The number of carboxylic acids is 1. The van der Waals surface area contributed by atoms with Gasteiger partial charge in [-0.15, -0.1) is 0 Å². The molecule has 0 fully saturated rings. The Morgan fingerprint density at radius 2 is 2.16 bits per heavy atom. The fourth-order valence-corrected chi connectivity index (χ4v) is 1.76. The first-order valence-electron chi connectivity index (χ1n) is 5.72. The lowest BCUT2D eigenvalue weighted by atomic mass is 10.2. The predicted molar refractivity (Wildman–Crippen MR) is 69.4 cm³/mol. The summed E-state index contributed by atoms with van der Waals surface area (Å²) in [4.78, 5) is 25.5. The van der Waals surface area contributed by atoms with Crippen LogP contribution < -0.4 is 10.1 Å². The number of fused-ring (bicyclic) bond motifs is 1. The Balaban J connectivity index is 2.31. The monoisotopic (exact) mass is 262 g/mol. The molecule has 1 atom stereocenters. The van der Waals surface area contributed by atoms with Gasteiger partial charge < -0.3 is 20.1 Å². The lowest BCUT2D eigenvalue weighted by Gasteiger charge is -2.07. The molecule has 0 bridgehead atoms. The van der Waals surface area contributed by atoms with Crippen LogP contribution in [0, 0.1) is 0 Å². The number of ether oxygens (including phenoxy) is 1. The molecule has 0 unspecified atom stereocenters. The van der Waals surface area contributed by atoms with Crippen molar-refractivity contribution in [3.8, 4) is 5.75 Å². The van der Waals surface area contributed by atoms with Crippen molar-refractivity contribution in [3.05, 3.63) is 30.0 Å². The Hall–Kier alpha value is -2.50.